The largest absolute Gasteiger partial charge is 0.480 e. The fourth-order valence-corrected chi connectivity index (χ4v) is 1.79. The van der Waals surface area contributed by atoms with E-state index in [0.29, 0.717) is 12.1 Å². The second kappa shape index (κ2) is 5.69. The summed E-state index contributed by atoms with van der Waals surface area (Å²) in [5, 5.41) is 11.6. The molecule has 1 atom stereocenters. The summed E-state index contributed by atoms with van der Waals surface area (Å²) >= 11 is 0. The molecule has 0 aliphatic rings. The SMILES string of the molecule is CCCC(C)(NC(=O)c1ccc(C)[nH]c1=O)C(=O)O. The van der Waals surface area contributed by atoms with Crippen molar-refractivity contribution in [3.05, 3.63) is 33.7 Å². The van der Waals surface area contributed by atoms with E-state index in [9.17, 15) is 19.5 Å². The quantitative estimate of drug-likeness (QED) is 0.741. The van der Waals surface area contributed by atoms with Crippen LogP contribution in [0, 0.1) is 6.92 Å². The first-order chi connectivity index (χ1) is 8.80. The number of aryl methyl sites for hydroxylation is 1. The van der Waals surface area contributed by atoms with Gasteiger partial charge in [0.15, 0.2) is 0 Å². The summed E-state index contributed by atoms with van der Waals surface area (Å²) in [6, 6.07) is 2.98. The molecule has 0 aliphatic heterocycles. The van der Waals surface area contributed by atoms with Gasteiger partial charge in [-0.15, -0.1) is 0 Å². The van der Waals surface area contributed by atoms with Crippen LogP contribution in [0.4, 0.5) is 0 Å². The molecule has 104 valence electrons. The minimum absolute atomic E-state index is 0.0887. The van der Waals surface area contributed by atoms with Gasteiger partial charge in [0.25, 0.3) is 11.5 Å². The van der Waals surface area contributed by atoms with Gasteiger partial charge in [-0.25, -0.2) is 4.79 Å². The van der Waals surface area contributed by atoms with Gasteiger partial charge in [-0.2, -0.15) is 0 Å². The van der Waals surface area contributed by atoms with Crippen LogP contribution in [0.25, 0.3) is 0 Å². The molecule has 0 aliphatic carbocycles. The van der Waals surface area contributed by atoms with E-state index in [-0.39, 0.29) is 12.0 Å². The van der Waals surface area contributed by atoms with E-state index in [2.05, 4.69) is 10.3 Å². The molecule has 1 amide bonds. The minimum Gasteiger partial charge on any atom is -0.480 e. The maximum absolute atomic E-state index is 12.0. The van der Waals surface area contributed by atoms with E-state index >= 15 is 0 Å². The van der Waals surface area contributed by atoms with Gasteiger partial charge in [-0.1, -0.05) is 13.3 Å². The molecular formula is C13H18N2O4. The predicted octanol–water partition coefficient (Wildman–Crippen LogP) is 1.06. The van der Waals surface area contributed by atoms with Crippen LogP contribution in [0.5, 0.6) is 0 Å². The molecule has 0 bridgehead atoms. The van der Waals surface area contributed by atoms with Crippen molar-refractivity contribution in [1.29, 1.82) is 0 Å². The van der Waals surface area contributed by atoms with Crippen LogP contribution in [0.2, 0.25) is 0 Å². The van der Waals surface area contributed by atoms with Crippen LogP contribution < -0.4 is 10.9 Å². The Morgan fingerprint density at radius 3 is 2.53 bits per heavy atom. The molecule has 1 unspecified atom stereocenters. The summed E-state index contributed by atoms with van der Waals surface area (Å²) in [4.78, 5) is 37.3. The summed E-state index contributed by atoms with van der Waals surface area (Å²) < 4.78 is 0. The number of aromatic amines is 1. The van der Waals surface area contributed by atoms with Crippen LogP contribution in [0.1, 0.15) is 42.7 Å². The first-order valence-corrected chi connectivity index (χ1v) is 6.06. The van der Waals surface area contributed by atoms with E-state index in [4.69, 9.17) is 0 Å². The maximum atomic E-state index is 12.0. The summed E-state index contributed by atoms with van der Waals surface area (Å²) in [5.41, 5.74) is -1.35. The van der Waals surface area contributed by atoms with Gasteiger partial charge in [-0.3, -0.25) is 9.59 Å². The van der Waals surface area contributed by atoms with Crippen LogP contribution >= 0.6 is 0 Å². The average Bonchev–Trinajstić information content (AvgIpc) is 2.28. The Labute approximate surface area is 110 Å². The van der Waals surface area contributed by atoms with Gasteiger partial charge in [0.2, 0.25) is 0 Å². The Bertz CT molecular complexity index is 550. The second-order valence-corrected chi connectivity index (χ2v) is 4.73. The lowest BCUT2D eigenvalue weighted by atomic mass is 9.96. The van der Waals surface area contributed by atoms with E-state index in [1.54, 1.807) is 13.0 Å². The van der Waals surface area contributed by atoms with Crippen molar-refractivity contribution in [2.45, 2.75) is 39.2 Å². The molecular weight excluding hydrogens is 248 g/mol. The zero-order valence-corrected chi connectivity index (χ0v) is 11.2. The molecule has 6 nitrogen and oxygen atoms in total. The molecule has 1 heterocycles. The fourth-order valence-electron chi connectivity index (χ4n) is 1.79. The number of carbonyl (C=O) groups excluding carboxylic acids is 1. The van der Waals surface area contributed by atoms with Crippen molar-refractivity contribution in [1.82, 2.24) is 10.3 Å². The van der Waals surface area contributed by atoms with Crippen molar-refractivity contribution in [2.24, 2.45) is 0 Å². The Morgan fingerprint density at radius 2 is 2.05 bits per heavy atom. The second-order valence-electron chi connectivity index (χ2n) is 4.73. The highest BCUT2D eigenvalue weighted by Gasteiger charge is 2.34. The molecule has 1 aromatic heterocycles. The number of amides is 1. The van der Waals surface area contributed by atoms with E-state index in [0.717, 1.165) is 0 Å². The summed E-state index contributed by atoms with van der Waals surface area (Å²) in [7, 11) is 0. The number of carboxylic acids is 1. The lowest BCUT2D eigenvalue weighted by Gasteiger charge is -2.25. The summed E-state index contributed by atoms with van der Waals surface area (Å²) in [6.45, 7) is 4.95. The van der Waals surface area contributed by atoms with E-state index in [1.807, 2.05) is 6.92 Å². The number of nitrogens with one attached hydrogen (secondary N) is 2. The van der Waals surface area contributed by atoms with Gasteiger partial charge in [0.1, 0.15) is 11.1 Å². The number of H-pyrrole nitrogens is 1. The number of carbonyl (C=O) groups is 2. The van der Waals surface area contributed by atoms with Crippen molar-refractivity contribution in [3.8, 4) is 0 Å². The molecule has 0 saturated heterocycles. The molecule has 0 spiro atoms. The molecule has 0 fully saturated rings. The third-order valence-corrected chi connectivity index (χ3v) is 2.91. The lowest BCUT2D eigenvalue weighted by molar-refractivity contribution is -0.144. The number of aliphatic carboxylic acids is 1. The third kappa shape index (κ3) is 3.43. The summed E-state index contributed by atoms with van der Waals surface area (Å²) in [5.74, 6) is -1.80. The zero-order chi connectivity index (χ0) is 14.6. The molecule has 19 heavy (non-hydrogen) atoms. The van der Waals surface area contributed by atoms with E-state index < -0.39 is 23.0 Å². The normalized spacial score (nSPS) is 13.6. The number of hydrogen-bond donors (Lipinski definition) is 3. The Morgan fingerprint density at radius 1 is 1.42 bits per heavy atom. The van der Waals surface area contributed by atoms with Gasteiger partial charge in [0, 0.05) is 5.69 Å². The van der Waals surface area contributed by atoms with Crippen LogP contribution in [-0.4, -0.2) is 27.5 Å². The highest BCUT2D eigenvalue weighted by Crippen LogP contribution is 2.13. The smallest absolute Gasteiger partial charge is 0.329 e. The Hall–Kier alpha value is -2.11. The van der Waals surface area contributed by atoms with Crippen molar-refractivity contribution < 1.29 is 14.7 Å². The highest BCUT2D eigenvalue weighted by molar-refractivity contribution is 5.97. The van der Waals surface area contributed by atoms with Crippen molar-refractivity contribution >= 4 is 11.9 Å². The van der Waals surface area contributed by atoms with Gasteiger partial charge in [0.05, 0.1) is 0 Å². The van der Waals surface area contributed by atoms with Crippen LogP contribution in [-0.2, 0) is 4.79 Å². The molecule has 6 heteroatoms. The number of rotatable bonds is 5. The molecule has 0 aromatic carbocycles. The number of aromatic nitrogens is 1. The maximum Gasteiger partial charge on any atom is 0.329 e. The highest BCUT2D eigenvalue weighted by atomic mass is 16.4. The van der Waals surface area contributed by atoms with Crippen molar-refractivity contribution in [3.63, 3.8) is 0 Å². The molecule has 0 saturated carbocycles. The Kier molecular flexibility index (Phi) is 4.47. The van der Waals surface area contributed by atoms with Gasteiger partial charge in [-0.05, 0) is 32.4 Å². The average molecular weight is 266 g/mol. The third-order valence-electron chi connectivity index (χ3n) is 2.91. The summed E-state index contributed by atoms with van der Waals surface area (Å²) in [6.07, 6.45) is 0.894. The standard InChI is InChI=1S/C13H18N2O4/c1-4-7-13(3,12(18)19)15-11(17)9-6-5-8(2)14-10(9)16/h5-6H,4,7H2,1-3H3,(H,14,16)(H,15,17)(H,18,19). The number of pyridine rings is 1. The molecule has 0 radical (unpaired) electrons. The topological polar surface area (TPSA) is 99.3 Å². The number of carboxylic acid groups (broad SMARTS) is 1. The van der Waals surface area contributed by atoms with Crippen LogP contribution in [0.15, 0.2) is 16.9 Å². The monoisotopic (exact) mass is 266 g/mol. The Balaban J connectivity index is 3.01. The first-order valence-electron chi connectivity index (χ1n) is 6.06. The zero-order valence-electron chi connectivity index (χ0n) is 11.2. The number of hydrogen-bond acceptors (Lipinski definition) is 3. The van der Waals surface area contributed by atoms with Crippen LogP contribution in [0.3, 0.4) is 0 Å². The van der Waals surface area contributed by atoms with Gasteiger partial charge >= 0.3 is 5.97 Å². The molecule has 1 rings (SSSR count). The molecule has 1 aromatic rings. The first kappa shape index (κ1) is 14.9. The predicted molar refractivity (Wildman–Crippen MR) is 70.2 cm³/mol. The lowest BCUT2D eigenvalue weighted by Crippen LogP contribution is -2.52. The van der Waals surface area contributed by atoms with Gasteiger partial charge < -0.3 is 15.4 Å². The van der Waals surface area contributed by atoms with E-state index in [1.165, 1.54) is 13.0 Å². The molecule has 3 N–H and O–H groups in total. The van der Waals surface area contributed by atoms with Crippen molar-refractivity contribution in [2.75, 3.05) is 0 Å². The fraction of sp³-hybridized carbons (Fsp3) is 0.462. The minimum atomic E-state index is -1.37.